The molecule has 1 unspecified atom stereocenters. The number of nitrogens with zero attached hydrogens (tertiary/aromatic N) is 1. The van der Waals surface area contributed by atoms with Gasteiger partial charge in [0, 0.05) is 4.88 Å². The molecule has 5 nitrogen and oxygen atoms in total. The van der Waals surface area contributed by atoms with Gasteiger partial charge in [0.25, 0.3) is 5.91 Å². The van der Waals surface area contributed by atoms with Crippen LogP contribution in [0.2, 0.25) is 0 Å². The number of thiophene rings is 1. The van der Waals surface area contributed by atoms with Gasteiger partial charge in [-0.1, -0.05) is 23.4 Å². The molecule has 0 aliphatic rings. The molecule has 2 aromatic heterocycles. The number of carbonyl (C=O) groups is 1. The first-order chi connectivity index (χ1) is 12.1. The number of para-hydroxylation sites is 1. The molecule has 2 heterocycles. The molecule has 1 atom stereocenters. The third-order valence-electron chi connectivity index (χ3n) is 4.00. The highest BCUT2D eigenvalue weighted by molar-refractivity contribution is 7.10. The summed E-state index contributed by atoms with van der Waals surface area (Å²) in [5.41, 5.74) is 2.21. The van der Waals surface area contributed by atoms with Gasteiger partial charge in [-0.3, -0.25) is 4.79 Å². The fraction of sp³-hybridized carbons (Fsp3) is 0.263. The summed E-state index contributed by atoms with van der Waals surface area (Å²) in [6.07, 6.45) is 0. The Morgan fingerprint density at radius 3 is 2.76 bits per heavy atom. The van der Waals surface area contributed by atoms with Crippen molar-refractivity contribution in [2.45, 2.75) is 33.4 Å². The van der Waals surface area contributed by atoms with Gasteiger partial charge in [-0.05, 0) is 44.4 Å². The van der Waals surface area contributed by atoms with E-state index in [1.54, 1.807) is 23.5 Å². The first-order valence-corrected chi connectivity index (χ1v) is 8.92. The molecular formula is C19H20N2O3S. The highest BCUT2D eigenvalue weighted by atomic mass is 32.1. The third kappa shape index (κ3) is 3.91. The highest BCUT2D eigenvalue weighted by Gasteiger charge is 2.17. The molecule has 0 aliphatic carbocycles. The first-order valence-electron chi connectivity index (χ1n) is 8.04. The number of nitrogens with one attached hydrogen (secondary N) is 1. The Balaban J connectivity index is 1.73. The van der Waals surface area contributed by atoms with Gasteiger partial charge >= 0.3 is 0 Å². The summed E-state index contributed by atoms with van der Waals surface area (Å²) in [5.74, 6) is 1.11. The van der Waals surface area contributed by atoms with Crippen LogP contribution >= 0.6 is 11.3 Å². The SMILES string of the molecule is Cc1noc(C)c1COc1ccccc1C(=O)NC(C)c1cccs1. The minimum Gasteiger partial charge on any atom is -0.488 e. The second kappa shape index (κ2) is 7.53. The van der Waals surface area contributed by atoms with Crippen molar-refractivity contribution < 1.29 is 14.1 Å². The van der Waals surface area contributed by atoms with Crippen LogP contribution in [-0.4, -0.2) is 11.1 Å². The van der Waals surface area contributed by atoms with Crippen LogP contribution < -0.4 is 10.1 Å². The van der Waals surface area contributed by atoms with Crippen molar-refractivity contribution in [1.82, 2.24) is 10.5 Å². The van der Waals surface area contributed by atoms with Gasteiger partial charge in [0.05, 0.1) is 22.9 Å². The van der Waals surface area contributed by atoms with Crippen molar-refractivity contribution in [1.29, 1.82) is 0 Å². The van der Waals surface area contributed by atoms with Gasteiger partial charge in [0.15, 0.2) is 0 Å². The Morgan fingerprint density at radius 1 is 1.28 bits per heavy atom. The number of benzene rings is 1. The predicted octanol–water partition coefficient (Wildman–Crippen LogP) is 4.42. The second-order valence-electron chi connectivity index (χ2n) is 5.80. The Bertz CT molecular complexity index is 836. The minimum atomic E-state index is -0.157. The van der Waals surface area contributed by atoms with E-state index in [4.69, 9.17) is 9.26 Å². The maximum Gasteiger partial charge on any atom is 0.255 e. The van der Waals surface area contributed by atoms with Crippen LogP contribution in [0.5, 0.6) is 5.75 Å². The van der Waals surface area contributed by atoms with Crippen LogP contribution in [0.4, 0.5) is 0 Å². The first kappa shape index (κ1) is 17.2. The molecule has 0 radical (unpaired) electrons. The van der Waals surface area contributed by atoms with Crippen molar-refractivity contribution in [3.05, 3.63) is 69.2 Å². The van der Waals surface area contributed by atoms with Crippen LogP contribution in [0.25, 0.3) is 0 Å². The molecule has 25 heavy (non-hydrogen) atoms. The van der Waals surface area contributed by atoms with E-state index in [2.05, 4.69) is 10.5 Å². The number of aryl methyl sites for hydroxylation is 2. The van der Waals surface area contributed by atoms with Crippen molar-refractivity contribution in [2.75, 3.05) is 0 Å². The maximum atomic E-state index is 12.6. The number of amides is 1. The van der Waals surface area contributed by atoms with Crippen molar-refractivity contribution in [3.63, 3.8) is 0 Å². The van der Waals surface area contributed by atoms with Crippen LogP contribution in [-0.2, 0) is 6.61 Å². The summed E-state index contributed by atoms with van der Waals surface area (Å²) in [6.45, 7) is 6.00. The third-order valence-corrected chi connectivity index (χ3v) is 5.06. The lowest BCUT2D eigenvalue weighted by Gasteiger charge is -2.15. The molecular weight excluding hydrogens is 336 g/mol. The van der Waals surface area contributed by atoms with Crippen LogP contribution in [0, 0.1) is 13.8 Å². The topological polar surface area (TPSA) is 64.4 Å². The highest BCUT2D eigenvalue weighted by Crippen LogP contribution is 2.23. The summed E-state index contributed by atoms with van der Waals surface area (Å²) in [4.78, 5) is 13.8. The van der Waals surface area contributed by atoms with E-state index < -0.39 is 0 Å². The molecule has 0 spiro atoms. The summed E-state index contributed by atoms with van der Waals surface area (Å²) in [6, 6.07) is 11.2. The number of carbonyl (C=O) groups excluding carboxylic acids is 1. The zero-order valence-electron chi connectivity index (χ0n) is 14.4. The lowest BCUT2D eigenvalue weighted by atomic mass is 10.1. The van der Waals surface area contributed by atoms with Crippen LogP contribution in [0.15, 0.2) is 46.3 Å². The quantitative estimate of drug-likeness (QED) is 0.710. The van der Waals surface area contributed by atoms with Gasteiger partial charge in [-0.25, -0.2) is 0 Å². The molecule has 1 amide bonds. The predicted molar refractivity (Wildman–Crippen MR) is 97.0 cm³/mol. The van der Waals surface area contributed by atoms with E-state index in [9.17, 15) is 4.79 Å². The smallest absolute Gasteiger partial charge is 0.255 e. The lowest BCUT2D eigenvalue weighted by Crippen LogP contribution is -2.26. The largest absolute Gasteiger partial charge is 0.488 e. The molecule has 6 heteroatoms. The fourth-order valence-corrected chi connectivity index (χ4v) is 3.26. The van der Waals surface area contributed by atoms with Gasteiger partial charge < -0.3 is 14.6 Å². The van der Waals surface area contributed by atoms with Crippen molar-refractivity contribution in [2.24, 2.45) is 0 Å². The van der Waals surface area contributed by atoms with E-state index in [-0.39, 0.29) is 11.9 Å². The molecule has 0 fully saturated rings. The van der Waals surface area contributed by atoms with Gasteiger partial charge in [0.2, 0.25) is 0 Å². The fourth-order valence-electron chi connectivity index (χ4n) is 2.52. The zero-order valence-corrected chi connectivity index (χ0v) is 15.2. The monoisotopic (exact) mass is 356 g/mol. The summed E-state index contributed by atoms with van der Waals surface area (Å²) >= 11 is 1.62. The Hall–Kier alpha value is -2.60. The number of rotatable bonds is 6. The molecule has 1 N–H and O–H groups in total. The molecule has 3 rings (SSSR count). The van der Waals surface area contributed by atoms with Crippen molar-refractivity contribution >= 4 is 17.2 Å². The summed E-state index contributed by atoms with van der Waals surface area (Å²) < 4.78 is 11.0. The molecule has 0 saturated heterocycles. The maximum absolute atomic E-state index is 12.6. The molecule has 0 aliphatic heterocycles. The molecule has 1 aromatic carbocycles. The normalized spacial score (nSPS) is 12.0. The minimum absolute atomic E-state index is 0.0527. The Kier molecular flexibility index (Phi) is 5.19. The Labute approximate surface area is 150 Å². The zero-order chi connectivity index (χ0) is 17.8. The average molecular weight is 356 g/mol. The number of hydrogen-bond donors (Lipinski definition) is 1. The number of ether oxygens (including phenoxy) is 1. The summed E-state index contributed by atoms with van der Waals surface area (Å²) in [7, 11) is 0. The van der Waals surface area contributed by atoms with E-state index in [1.807, 2.05) is 50.4 Å². The van der Waals surface area contributed by atoms with Crippen LogP contribution in [0.3, 0.4) is 0 Å². The van der Waals surface area contributed by atoms with Crippen molar-refractivity contribution in [3.8, 4) is 5.75 Å². The number of aromatic nitrogens is 1. The lowest BCUT2D eigenvalue weighted by molar-refractivity contribution is 0.0936. The van der Waals surface area contributed by atoms with Gasteiger partial charge in [0.1, 0.15) is 18.1 Å². The van der Waals surface area contributed by atoms with E-state index in [1.165, 1.54) is 0 Å². The average Bonchev–Trinajstić information content (AvgIpc) is 3.24. The molecule has 130 valence electrons. The molecule has 3 aromatic rings. The van der Waals surface area contributed by atoms with Gasteiger partial charge in [-0.2, -0.15) is 0 Å². The molecule has 0 bridgehead atoms. The standard InChI is InChI=1S/C19H20N2O3S/c1-12-16(14(3)24-21-12)11-23-17-8-5-4-7-15(17)19(22)20-13(2)18-9-6-10-25-18/h4-10,13H,11H2,1-3H3,(H,20,22). The van der Waals surface area contributed by atoms with E-state index in [0.29, 0.717) is 17.9 Å². The number of hydrogen-bond acceptors (Lipinski definition) is 5. The Morgan fingerprint density at radius 2 is 2.08 bits per heavy atom. The van der Waals surface area contributed by atoms with E-state index in [0.717, 1.165) is 21.9 Å². The van der Waals surface area contributed by atoms with Crippen LogP contribution in [0.1, 0.15) is 45.2 Å². The summed E-state index contributed by atoms with van der Waals surface area (Å²) in [5, 5.41) is 8.93. The molecule has 0 saturated carbocycles. The van der Waals surface area contributed by atoms with Gasteiger partial charge in [-0.15, -0.1) is 11.3 Å². The van der Waals surface area contributed by atoms with E-state index >= 15 is 0 Å². The second-order valence-corrected chi connectivity index (χ2v) is 6.78.